The van der Waals surface area contributed by atoms with E-state index in [0.717, 1.165) is 39.3 Å². The first-order valence-corrected chi connectivity index (χ1v) is 16.1. The number of benzene rings is 3. The van der Waals surface area contributed by atoms with Gasteiger partial charge in [-0.15, -0.1) is 0 Å². The number of hydrogen-bond donors (Lipinski definition) is 2. The van der Waals surface area contributed by atoms with Gasteiger partial charge in [0.1, 0.15) is 24.2 Å². The molecule has 0 atom stereocenters. The van der Waals surface area contributed by atoms with Crippen molar-refractivity contribution in [3.63, 3.8) is 0 Å². The molecule has 7 nitrogen and oxygen atoms in total. The van der Waals surface area contributed by atoms with Crippen molar-refractivity contribution in [2.24, 2.45) is 0 Å². The maximum Gasteiger partial charge on any atom is 0.306 e. The van der Waals surface area contributed by atoms with Gasteiger partial charge in [0.15, 0.2) is 0 Å². The second-order valence-electron chi connectivity index (χ2n) is 11.2. The molecule has 0 unspecified atom stereocenters. The Labute approximate surface area is 244 Å². The number of ether oxygens (including phenoxy) is 4. The van der Waals surface area contributed by atoms with Crippen molar-refractivity contribution in [1.82, 2.24) is 0 Å². The van der Waals surface area contributed by atoms with Crippen LogP contribution in [-0.4, -0.2) is 52.5 Å². The van der Waals surface area contributed by atoms with Gasteiger partial charge in [0.25, 0.3) is 0 Å². The Bertz CT molecular complexity index is 1330. The molecule has 2 aliphatic heterocycles. The molecule has 2 fully saturated rings. The fourth-order valence-corrected chi connectivity index (χ4v) is 7.22. The predicted molar refractivity (Wildman–Crippen MR) is 162 cm³/mol. The summed E-state index contributed by atoms with van der Waals surface area (Å²) in [6, 6.07) is 20.5. The summed E-state index contributed by atoms with van der Waals surface area (Å²) in [6.07, 6.45) is 1.65. The lowest BCUT2D eigenvalue weighted by atomic mass is 9.76. The number of hydrogen-bond acceptors (Lipinski definition) is 7. The third-order valence-corrected chi connectivity index (χ3v) is 9.75. The van der Waals surface area contributed by atoms with E-state index in [-0.39, 0.29) is 17.5 Å². The van der Waals surface area contributed by atoms with Crippen LogP contribution in [0.25, 0.3) is 11.1 Å². The number of aryl methyl sites for hydroxylation is 2. The minimum Gasteiger partial charge on any atom is -0.490 e. The summed E-state index contributed by atoms with van der Waals surface area (Å²) in [5.74, 6) is 2.22. The molecular weight excluding hydrogens is 540 g/mol. The summed E-state index contributed by atoms with van der Waals surface area (Å²) in [7, 11) is -2.42. The van der Waals surface area contributed by atoms with E-state index in [1.807, 2.05) is 31.2 Å². The summed E-state index contributed by atoms with van der Waals surface area (Å²) < 4.78 is 42.7. The van der Waals surface area contributed by atoms with Gasteiger partial charge in [-0.05, 0) is 84.5 Å². The first-order valence-electron chi connectivity index (χ1n) is 14.2. The zero-order chi connectivity index (χ0) is 29.0. The molecule has 3 aromatic carbocycles. The molecule has 220 valence electrons. The van der Waals surface area contributed by atoms with Crippen LogP contribution in [-0.2, 0) is 26.3 Å². The third kappa shape index (κ3) is 7.07. The number of esters is 1. The molecule has 0 spiro atoms. The largest absolute Gasteiger partial charge is 0.490 e. The van der Waals surface area contributed by atoms with Gasteiger partial charge in [-0.25, -0.2) is 0 Å². The fraction of sp³-hybridized carbons (Fsp3) is 0.424. The molecule has 0 aliphatic carbocycles. The molecule has 0 aromatic heterocycles. The molecule has 0 amide bonds. The highest BCUT2D eigenvalue weighted by Crippen LogP contribution is 2.45. The van der Waals surface area contributed by atoms with E-state index in [0.29, 0.717) is 57.2 Å². The molecule has 2 aliphatic rings. The van der Waals surface area contributed by atoms with E-state index in [1.54, 1.807) is 0 Å². The van der Waals surface area contributed by atoms with Crippen molar-refractivity contribution in [3.8, 4) is 22.6 Å². The van der Waals surface area contributed by atoms with Gasteiger partial charge in [0.2, 0.25) is 0 Å². The average Bonchev–Trinajstić information content (AvgIpc) is 2.91. The molecular formula is C33H40O7S. The molecule has 0 bridgehead atoms. The summed E-state index contributed by atoms with van der Waals surface area (Å²) >= 11 is 0. The summed E-state index contributed by atoms with van der Waals surface area (Å²) in [6.45, 7) is 7.85. The van der Waals surface area contributed by atoms with Crippen molar-refractivity contribution >= 4 is 16.6 Å². The normalized spacial score (nSPS) is 18.7. The van der Waals surface area contributed by atoms with Crippen molar-refractivity contribution < 1.29 is 32.8 Å². The molecule has 5 rings (SSSR count). The van der Waals surface area contributed by atoms with Crippen LogP contribution < -0.4 is 9.47 Å². The van der Waals surface area contributed by atoms with Crippen molar-refractivity contribution in [1.29, 1.82) is 0 Å². The Hall–Kier alpha value is -3.04. The minimum atomic E-state index is -2.42. The van der Waals surface area contributed by atoms with E-state index in [1.165, 1.54) is 5.56 Å². The lowest BCUT2D eigenvalue weighted by molar-refractivity contribution is -0.151. The molecule has 3 aromatic rings. The first kappa shape index (κ1) is 29.5. The summed E-state index contributed by atoms with van der Waals surface area (Å²) in [5, 5.41) is 0. The maximum atomic E-state index is 12.1. The van der Waals surface area contributed by atoms with Crippen LogP contribution >= 0.6 is 10.6 Å². The fourth-order valence-electron chi connectivity index (χ4n) is 5.74. The third-order valence-electron chi connectivity index (χ3n) is 7.98. The van der Waals surface area contributed by atoms with Gasteiger partial charge in [-0.3, -0.25) is 13.9 Å². The van der Waals surface area contributed by atoms with Crippen LogP contribution in [0.5, 0.6) is 11.5 Å². The SMILES string of the molecule is CCOC(=O)CC1(c2ccc(OCc3cccc(-c4c(C)cc(OC5CCS(O)(O)CC5)cc4C)c3)cc2)COC1. The van der Waals surface area contributed by atoms with Crippen LogP contribution in [0.15, 0.2) is 60.7 Å². The maximum absolute atomic E-state index is 12.1. The highest BCUT2D eigenvalue weighted by atomic mass is 32.3. The zero-order valence-electron chi connectivity index (χ0n) is 24.1. The van der Waals surface area contributed by atoms with Gasteiger partial charge < -0.3 is 18.9 Å². The van der Waals surface area contributed by atoms with E-state index in [9.17, 15) is 13.9 Å². The summed E-state index contributed by atoms with van der Waals surface area (Å²) in [4.78, 5) is 12.1. The van der Waals surface area contributed by atoms with Gasteiger partial charge in [-0.2, -0.15) is 10.6 Å². The molecule has 2 saturated heterocycles. The second kappa shape index (κ2) is 12.4. The molecule has 2 N–H and O–H groups in total. The topological polar surface area (TPSA) is 94.5 Å². The van der Waals surface area contributed by atoms with E-state index in [4.69, 9.17) is 18.9 Å². The van der Waals surface area contributed by atoms with Crippen LogP contribution in [0.2, 0.25) is 0 Å². The van der Waals surface area contributed by atoms with Crippen LogP contribution in [0, 0.1) is 13.8 Å². The molecule has 0 radical (unpaired) electrons. The van der Waals surface area contributed by atoms with Gasteiger partial charge in [-0.1, -0.05) is 30.3 Å². The Balaban J connectivity index is 1.22. The first-order chi connectivity index (χ1) is 19.7. The molecule has 8 heteroatoms. The highest BCUT2D eigenvalue weighted by Gasteiger charge is 2.42. The minimum absolute atomic E-state index is 0.0132. The Kier molecular flexibility index (Phi) is 8.94. The lowest BCUT2D eigenvalue weighted by Gasteiger charge is -2.41. The summed E-state index contributed by atoms with van der Waals surface area (Å²) in [5.41, 5.74) is 6.37. The number of rotatable bonds is 10. The lowest BCUT2D eigenvalue weighted by Crippen LogP contribution is -2.48. The molecule has 0 saturated carbocycles. The van der Waals surface area contributed by atoms with Crippen molar-refractivity contribution in [2.45, 2.75) is 58.2 Å². The number of carbonyl (C=O) groups is 1. The number of carbonyl (C=O) groups excluding carboxylic acids is 1. The monoisotopic (exact) mass is 580 g/mol. The second-order valence-corrected chi connectivity index (χ2v) is 13.6. The Morgan fingerprint density at radius 2 is 1.66 bits per heavy atom. The average molecular weight is 581 g/mol. The van der Waals surface area contributed by atoms with Crippen molar-refractivity contribution in [3.05, 3.63) is 82.9 Å². The van der Waals surface area contributed by atoms with Gasteiger partial charge >= 0.3 is 5.97 Å². The van der Waals surface area contributed by atoms with Gasteiger partial charge in [0, 0.05) is 24.3 Å². The van der Waals surface area contributed by atoms with Crippen LogP contribution in [0.3, 0.4) is 0 Å². The Morgan fingerprint density at radius 3 is 2.27 bits per heavy atom. The smallest absolute Gasteiger partial charge is 0.306 e. The van der Waals surface area contributed by atoms with Crippen LogP contribution in [0.4, 0.5) is 0 Å². The quantitative estimate of drug-likeness (QED) is 0.248. The van der Waals surface area contributed by atoms with E-state index < -0.39 is 10.6 Å². The Morgan fingerprint density at radius 1 is 0.976 bits per heavy atom. The zero-order valence-corrected chi connectivity index (χ0v) is 24.9. The standard InChI is InChI=1S/C33H40O7S/c1-4-38-31(34)19-33(21-37-22-33)27-8-10-28(11-9-27)39-20-25-6-5-7-26(18-25)32-23(2)16-30(17-24(32)3)40-29-12-14-41(35,36)15-13-29/h5-11,16-18,29,35-36H,4,12-15,19-22H2,1-3H3. The van der Waals surface area contributed by atoms with Gasteiger partial charge in [0.05, 0.1) is 31.7 Å². The van der Waals surface area contributed by atoms with Crippen LogP contribution in [0.1, 0.15) is 48.4 Å². The van der Waals surface area contributed by atoms with Crippen molar-refractivity contribution in [2.75, 3.05) is 31.3 Å². The van der Waals surface area contributed by atoms with E-state index >= 15 is 0 Å². The van der Waals surface area contributed by atoms with E-state index in [2.05, 4.69) is 50.2 Å². The molecule has 2 heterocycles. The molecule has 41 heavy (non-hydrogen) atoms. The highest BCUT2D eigenvalue weighted by molar-refractivity contribution is 8.24. The predicted octanol–water partition coefficient (Wildman–Crippen LogP) is 7.06.